The summed E-state index contributed by atoms with van der Waals surface area (Å²) in [5.74, 6) is 0. The zero-order valence-electron chi connectivity index (χ0n) is 7.15. The lowest BCUT2D eigenvalue weighted by atomic mass is 10.3. The molecule has 5 nitrogen and oxygen atoms in total. The molecule has 0 aliphatic carbocycles. The maximum atomic E-state index is 10.6. The lowest BCUT2D eigenvalue weighted by molar-refractivity contribution is -0.384. The summed E-state index contributed by atoms with van der Waals surface area (Å²) >= 11 is 9.05. The Balaban J connectivity index is 2.80. The molecule has 0 saturated heterocycles. The number of aromatic nitrogens is 2. The average molecular weight is 288 g/mol. The molecule has 2 aromatic rings. The van der Waals surface area contributed by atoms with Crippen LogP contribution in [0.15, 0.2) is 22.9 Å². The van der Waals surface area contributed by atoms with Crippen LogP contribution in [0.2, 0.25) is 5.02 Å². The summed E-state index contributed by atoms with van der Waals surface area (Å²) in [6.07, 6.45) is 2.64. The lowest BCUT2D eigenvalue weighted by Crippen LogP contribution is -1.93. The van der Waals surface area contributed by atoms with Gasteiger partial charge in [-0.2, -0.15) is 0 Å². The van der Waals surface area contributed by atoms with Gasteiger partial charge in [0.25, 0.3) is 0 Å². The number of halogens is 2. The number of nitro groups is 1. The second kappa shape index (κ2) is 3.71. The monoisotopic (exact) mass is 287 g/mol. The van der Waals surface area contributed by atoms with Crippen molar-refractivity contribution in [1.82, 2.24) is 9.97 Å². The van der Waals surface area contributed by atoms with Crippen molar-refractivity contribution in [3.8, 4) is 0 Å². The van der Waals surface area contributed by atoms with Gasteiger partial charge in [-0.15, -0.1) is 0 Å². The number of fused-ring (bicyclic) bond motifs is 1. The Morgan fingerprint density at radius 3 is 2.80 bits per heavy atom. The average Bonchev–Trinajstić information content (AvgIpc) is 2.17. The van der Waals surface area contributed by atoms with Crippen LogP contribution >= 0.6 is 27.5 Å². The van der Waals surface area contributed by atoms with Gasteiger partial charge in [-0.25, -0.2) is 4.98 Å². The SMILES string of the molecule is O=[N+]([O-])c1cnc2cc(Br)cnc2c1Cl. The van der Waals surface area contributed by atoms with Gasteiger partial charge in [0.1, 0.15) is 16.7 Å². The van der Waals surface area contributed by atoms with Crippen LogP contribution in [0.5, 0.6) is 0 Å². The smallest absolute Gasteiger partial charge is 0.258 e. The molecule has 2 rings (SSSR count). The zero-order chi connectivity index (χ0) is 11.0. The topological polar surface area (TPSA) is 68.9 Å². The summed E-state index contributed by atoms with van der Waals surface area (Å²) < 4.78 is 0.743. The first-order valence-electron chi connectivity index (χ1n) is 3.84. The molecular formula is C8H3BrClN3O2. The number of pyridine rings is 2. The maximum Gasteiger partial charge on any atom is 0.308 e. The van der Waals surface area contributed by atoms with E-state index in [-0.39, 0.29) is 10.7 Å². The molecule has 0 bridgehead atoms. The Bertz CT molecular complexity index is 561. The number of hydrogen-bond acceptors (Lipinski definition) is 4. The fourth-order valence-corrected chi connectivity index (χ4v) is 1.71. The minimum atomic E-state index is -0.585. The van der Waals surface area contributed by atoms with E-state index in [2.05, 4.69) is 25.9 Å². The quantitative estimate of drug-likeness (QED) is 0.597. The molecule has 76 valence electrons. The van der Waals surface area contributed by atoms with Crippen LogP contribution in [0.4, 0.5) is 5.69 Å². The molecule has 0 aliphatic heterocycles. The molecule has 0 radical (unpaired) electrons. The number of nitrogens with zero attached hydrogens (tertiary/aromatic N) is 3. The van der Waals surface area contributed by atoms with E-state index in [4.69, 9.17) is 11.6 Å². The summed E-state index contributed by atoms with van der Waals surface area (Å²) in [6.45, 7) is 0. The van der Waals surface area contributed by atoms with E-state index in [0.29, 0.717) is 11.0 Å². The second-order valence-electron chi connectivity index (χ2n) is 2.74. The molecule has 0 fully saturated rings. The van der Waals surface area contributed by atoms with Gasteiger partial charge in [0.2, 0.25) is 0 Å². The van der Waals surface area contributed by atoms with Crippen LogP contribution in [0.1, 0.15) is 0 Å². The third-order valence-corrected chi connectivity index (χ3v) is 2.60. The highest BCUT2D eigenvalue weighted by Gasteiger charge is 2.16. The zero-order valence-corrected chi connectivity index (χ0v) is 9.49. The van der Waals surface area contributed by atoms with Crippen molar-refractivity contribution >= 4 is 44.3 Å². The van der Waals surface area contributed by atoms with Crippen molar-refractivity contribution in [2.75, 3.05) is 0 Å². The first kappa shape index (κ1) is 10.3. The van der Waals surface area contributed by atoms with Crippen LogP contribution < -0.4 is 0 Å². The second-order valence-corrected chi connectivity index (χ2v) is 4.03. The molecule has 0 N–H and O–H groups in total. The van der Waals surface area contributed by atoms with E-state index in [1.165, 1.54) is 6.20 Å². The third-order valence-electron chi connectivity index (χ3n) is 1.79. The van der Waals surface area contributed by atoms with E-state index in [9.17, 15) is 10.1 Å². The Hall–Kier alpha value is -1.27. The van der Waals surface area contributed by atoms with Crippen LogP contribution in [0.25, 0.3) is 11.0 Å². The van der Waals surface area contributed by atoms with Crippen molar-refractivity contribution in [3.05, 3.63) is 38.1 Å². The Morgan fingerprint density at radius 1 is 1.40 bits per heavy atom. The fraction of sp³-hybridized carbons (Fsp3) is 0. The van der Waals surface area contributed by atoms with Crippen LogP contribution in [-0.4, -0.2) is 14.9 Å². The molecule has 2 aromatic heterocycles. The molecular weight excluding hydrogens is 285 g/mol. The Labute approximate surface area is 97.4 Å². The largest absolute Gasteiger partial charge is 0.308 e. The van der Waals surface area contributed by atoms with Gasteiger partial charge in [0, 0.05) is 10.7 Å². The van der Waals surface area contributed by atoms with E-state index in [1.54, 1.807) is 6.07 Å². The van der Waals surface area contributed by atoms with Crippen molar-refractivity contribution in [1.29, 1.82) is 0 Å². The van der Waals surface area contributed by atoms with E-state index in [0.717, 1.165) is 10.7 Å². The Kier molecular flexibility index (Phi) is 2.54. The van der Waals surface area contributed by atoms with E-state index < -0.39 is 4.92 Å². The highest BCUT2D eigenvalue weighted by molar-refractivity contribution is 9.10. The molecule has 0 aromatic carbocycles. The minimum Gasteiger partial charge on any atom is -0.258 e. The predicted octanol–water partition coefficient (Wildman–Crippen LogP) is 2.95. The van der Waals surface area contributed by atoms with E-state index in [1.807, 2.05) is 0 Å². The highest BCUT2D eigenvalue weighted by Crippen LogP contribution is 2.30. The van der Waals surface area contributed by atoms with Crippen LogP contribution in [-0.2, 0) is 0 Å². The number of hydrogen-bond donors (Lipinski definition) is 0. The third kappa shape index (κ3) is 1.78. The van der Waals surface area contributed by atoms with Gasteiger partial charge in [-0.1, -0.05) is 11.6 Å². The van der Waals surface area contributed by atoms with Crippen molar-refractivity contribution < 1.29 is 4.92 Å². The summed E-state index contributed by atoms with van der Waals surface area (Å²) in [5, 5.41) is 10.6. The summed E-state index contributed by atoms with van der Waals surface area (Å²) in [4.78, 5) is 17.9. The standard InChI is InChI=1S/C8H3BrClN3O2/c9-4-1-5-8(12-2-4)7(10)6(3-11-5)13(14)15/h1-3H. The van der Waals surface area contributed by atoms with Gasteiger partial charge in [-0.3, -0.25) is 15.1 Å². The molecule has 7 heteroatoms. The van der Waals surface area contributed by atoms with Gasteiger partial charge < -0.3 is 0 Å². The molecule has 0 unspecified atom stereocenters. The van der Waals surface area contributed by atoms with Crippen molar-refractivity contribution in [3.63, 3.8) is 0 Å². The van der Waals surface area contributed by atoms with Gasteiger partial charge in [0.05, 0.1) is 10.4 Å². The predicted molar refractivity (Wildman–Crippen MR) is 58.9 cm³/mol. The maximum absolute atomic E-state index is 10.6. The molecule has 15 heavy (non-hydrogen) atoms. The van der Waals surface area contributed by atoms with Gasteiger partial charge in [-0.05, 0) is 22.0 Å². The molecule has 2 heterocycles. The van der Waals surface area contributed by atoms with Gasteiger partial charge in [0.15, 0.2) is 0 Å². The molecule has 0 atom stereocenters. The number of rotatable bonds is 1. The summed E-state index contributed by atoms with van der Waals surface area (Å²) in [6, 6.07) is 1.69. The molecule has 0 saturated carbocycles. The van der Waals surface area contributed by atoms with Crippen molar-refractivity contribution in [2.24, 2.45) is 0 Å². The van der Waals surface area contributed by atoms with Crippen LogP contribution in [0, 0.1) is 10.1 Å². The molecule has 0 amide bonds. The summed E-state index contributed by atoms with van der Waals surface area (Å²) in [7, 11) is 0. The fourth-order valence-electron chi connectivity index (χ4n) is 1.13. The first-order chi connectivity index (χ1) is 7.09. The first-order valence-corrected chi connectivity index (χ1v) is 5.01. The molecule has 0 spiro atoms. The van der Waals surface area contributed by atoms with Crippen LogP contribution in [0.3, 0.4) is 0 Å². The summed E-state index contributed by atoms with van der Waals surface area (Å²) in [5.41, 5.74) is 0.605. The molecule has 0 aliphatic rings. The lowest BCUT2D eigenvalue weighted by Gasteiger charge is -1.99. The van der Waals surface area contributed by atoms with E-state index >= 15 is 0 Å². The highest BCUT2D eigenvalue weighted by atomic mass is 79.9. The Morgan fingerprint density at radius 2 is 2.13 bits per heavy atom. The minimum absolute atomic E-state index is 0.0116. The van der Waals surface area contributed by atoms with Crippen molar-refractivity contribution in [2.45, 2.75) is 0 Å². The van der Waals surface area contributed by atoms with Gasteiger partial charge >= 0.3 is 5.69 Å². The normalized spacial score (nSPS) is 10.5.